The molecule has 0 aliphatic carbocycles. The number of benzene rings is 2. The number of carbonyl (C=O) groups is 1. The molecule has 0 bridgehead atoms. The molecule has 0 fully saturated rings. The number of ether oxygens (including phenoxy) is 1. The summed E-state index contributed by atoms with van der Waals surface area (Å²) in [6, 6.07) is 13.0. The number of carboxylic acids is 1. The first kappa shape index (κ1) is 12.9. The molecule has 0 atom stereocenters. The minimum atomic E-state index is -1.14. The minimum absolute atomic E-state index is 0.0476. The van der Waals surface area contributed by atoms with Gasteiger partial charge in [0.1, 0.15) is 17.6 Å². The van der Waals surface area contributed by atoms with Crippen LogP contribution in [0.3, 0.4) is 0 Å². The van der Waals surface area contributed by atoms with E-state index in [4.69, 9.17) is 26.7 Å². The maximum absolute atomic E-state index is 11.0. The SMILES string of the molecule is N#Cc1ccccc1Oc1ccc(Cl)c(C(=O)O)c1. The zero-order valence-electron chi connectivity index (χ0n) is 9.63. The van der Waals surface area contributed by atoms with Crippen molar-refractivity contribution in [2.75, 3.05) is 0 Å². The van der Waals surface area contributed by atoms with Gasteiger partial charge in [-0.15, -0.1) is 0 Å². The van der Waals surface area contributed by atoms with E-state index in [0.717, 1.165) is 0 Å². The Bertz CT molecular complexity index is 677. The highest BCUT2D eigenvalue weighted by atomic mass is 35.5. The second-order valence-corrected chi connectivity index (χ2v) is 4.06. The lowest BCUT2D eigenvalue weighted by Crippen LogP contribution is -1.98. The maximum atomic E-state index is 11.0. The van der Waals surface area contributed by atoms with Crippen LogP contribution in [-0.2, 0) is 0 Å². The number of para-hydroxylation sites is 1. The summed E-state index contributed by atoms with van der Waals surface area (Å²) in [6.45, 7) is 0. The predicted molar refractivity (Wildman–Crippen MR) is 69.6 cm³/mol. The van der Waals surface area contributed by atoms with E-state index in [0.29, 0.717) is 17.1 Å². The molecule has 94 valence electrons. The van der Waals surface area contributed by atoms with Gasteiger partial charge in [0.05, 0.1) is 16.1 Å². The fraction of sp³-hybridized carbons (Fsp3) is 0. The van der Waals surface area contributed by atoms with E-state index in [-0.39, 0.29) is 10.6 Å². The fourth-order valence-electron chi connectivity index (χ4n) is 1.51. The van der Waals surface area contributed by atoms with Gasteiger partial charge in [-0.2, -0.15) is 5.26 Å². The third-order valence-corrected chi connectivity index (χ3v) is 2.73. The van der Waals surface area contributed by atoms with Gasteiger partial charge in [0.25, 0.3) is 0 Å². The van der Waals surface area contributed by atoms with Gasteiger partial charge >= 0.3 is 5.97 Å². The van der Waals surface area contributed by atoms with Gasteiger partial charge in [-0.25, -0.2) is 4.79 Å². The predicted octanol–water partition coefficient (Wildman–Crippen LogP) is 3.70. The number of rotatable bonds is 3. The van der Waals surface area contributed by atoms with Crippen molar-refractivity contribution in [3.8, 4) is 17.6 Å². The van der Waals surface area contributed by atoms with E-state index >= 15 is 0 Å². The zero-order chi connectivity index (χ0) is 13.8. The lowest BCUT2D eigenvalue weighted by Gasteiger charge is -2.08. The van der Waals surface area contributed by atoms with Crippen LogP contribution in [0.5, 0.6) is 11.5 Å². The van der Waals surface area contributed by atoms with Crippen LogP contribution in [-0.4, -0.2) is 11.1 Å². The summed E-state index contributed by atoms with van der Waals surface area (Å²) in [6.07, 6.45) is 0. The van der Waals surface area contributed by atoms with Gasteiger partial charge in [0, 0.05) is 0 Å². The van der Waals surface area contributed by atoms with Crippen molar-refractivity contribution in [2.24, 2.45) is 0 Å². The second kappa shape index (κ2) is 5.42. The molecule has 0 spiro atoms. The van der Waals surface area contributed by atoms with Crippen LogP contribution in [0.4, 0.5) is 0 Å². The number of aromatic carboxylic acids is 1. The van der Waals surface area contributed by atoms with Gasteiger partial charge in [-0.3, -0.25) is 0 Å². The summed E-state index contributed by atoms with van der Waals surface area (Å²) in [5.74, 6) is -0.461. The Labute approximate surface area is 114 Å². The summed E-state index contributed by atoms with van der Waals surface area (Å²) in [5, 5.41) is 18.0. The standard InChI is InChI=1S/C14H8ClNO3/c15-12-6-5-10(7-11(12)14(17)18)19-13-4-2-1-3-9(13)8-16/h1-7H,(H,17,18). The molecule has 0 aliphatic rings. The molecule has 2 rings (SSSR count). The average Bonchev–Trinajstić information content (AvgIpc) is 2.41. The molecule has 0 unspecified atom stereocenters. The summed E-state index contributed by atoms with van der Waals surface area (Å²) >= 11 is 5.76. The van der Waals surface area contributed by atoms with E-state index in [1.54, 1.807) is 30.3 Å². The van der Waals surface area contributed by atoms with Crippen LogP contribution in [0.15, 0.2) is 42.5 Å². The Balaban J connectivity index is 2.37. The topological polar surface area (TPSA) is 70.3 Å². The normalized spacial score (nSPS) is 9.68. The number of carboxylic acid groups (broad SMARTS) is 1. The van der Waals surface area contributed by atoms with Crippen LogP contribution < -0.4 is 4.74 Å². The maximum Gasteiger partial charge on any atom is 0.337 e. The molecular weight excluding hydrogens is 266 g/mol. The molecule has 5 heteroatoms. The highest BCUT2D eigenvalue weighted by molar-refractivity contribution is 6.33. The van der Waals surface area contributed by atoms with Crippen LogP contribution in [0.2, 0.25) is 5.02 Å². The number of nitriles is 1. The van der Waals surface area contributed by atoms with E-state index < -0.39 is 5.97 Å². The fourth-order valence-corrected chi connectivity index (χ4v) is 1.71. The van der Waals surface area contributed by atoms with Crippen LogP contribution in [0.25, 0.3) is 0 Å². The van der Waals surface area contributed by atoms with E-state index in [1.165, 1.54) is 12.1 Å². The smallest absolute Gasteiger partial charge is 0.337 e. The zero-order valence-corrected chi connectivity index (χ0v) is 10.4. The molecule has 0 aliphatic heterocycles. The van der Waals surface area contributed by atoms with Gasteiger partial charge in [0.2, 0.25) is 0 Å². The molecule has 0 aromatic heterocycles. The van der Waals surface area contributed by atoms with Crippen molar-refractivity contribution in [2.45, 2.75) is 0 Å². The van der Waals surface area contributed by atoms with Crippen molar-refractivity contribution in [1.82, 2.24) is 0 Å². The summed E-state index contributed by atoms with van der Waals surface area (Å²) in [5.41, 5.74) is 0.322. The average molecular weight is 274 g/mol. The van der Waals surface area contributed by atoms with Crippen LogP contribution in [0, 0.1) is 11.3 Å². The lowest BCUT2D eigenvalue weighted by molar-refractivity contribution is 0.0696. The van der Waals surface area contributed by atoms with Crippen molar-refractivity contribution in [3.05, 3.63) is 58.6 Å². The quantitative estimate of drug-likeness (QED) is 0.925. The first-order chi connectivity index (χ1) is 9.11. The molecule has 2 aromatic rings. The first-order valence-corrected chi connectivity index (χ1v) is 5.69. The van der Waals surface area contributed by atoms with Gasteiger partial charge < -0.3 is 9.84 Å². The molecule has 0 amide bonds. The van der Waals surface area contributed by atoms with E-state index in [9.17, 15) is 4.79 Å². The Morgan fingerprint density at radius 2 is 2.00 bits per heavy atom. The number of hydrogen-bond donors (Lipinski definition) is 1. The first-order valence-electron chi connectivity index (χ1n) is 5.31. The number of nitrogens with zero attached hydrogens (tertiary/aromatic N) is 1. The second-order valence-electron chi connectivity index (χ2n) is 3.66. The van der Waals surface area contributed by atoms with Gasteiger partial charge in [0.15, 0.2) is 0 Å². The molecular formula is C14H8ClNO3. The minimum Gasteiger partial charge on any atom is -0.478 e. The summed E-state index contributed by atoms with van der Waals surface area (Å²) in [4.78, 5) is 11.0. The highest BCUT2D eigenvalue weighted by Gasteiger charge is 2.11. The number of hydrogen-bond acceptors (Lipinski definition) is 3. The Kier molecular flexibility index (Phi) is 3.69. The molecule has 0 heterocycles. The van der Waals surface area contributed by atoms with Crippen LogP contribution in [0.1, 0.15) is 15.9 Å². The molecule has 4 nitrogen and oxygen atoms in total. The monoisotopic (exact) mass is 273 g/mol. The highest BCUT2D eigenvalue weighted by Crippen LogP contribution is 2.28. The molecule has 2 aromatic carbocycles. The molecule has 0 saturated heterocycles. The third kappa shape index (κ3) is 2.84. The van der Waals surface area contributed by atoms with Crippen molar-refractivity contribution in [3.63, 3.8) is 0 Å². The van der Waals surface area contributed by atoms with Crippen molar-refractivity contribution >= 4 is 17.6 Å². The van der Waals surface area contributed by atoms with Crippen molar-refractivity contribution in [1.29, 1.82) is 5.26 Å². The Hall–Kier alpha value is -2.51. The lowest BCUT2D eigenvalue weighted by atomic mass is 10.2. The molecule has 1 N–H and O–H groups in total. The largest absolute Gasteiger partial charge is 0.478 e. The summed E-state index contributed by atoms with van der Waals surface area (Å²) < 4.78 is 5.50. The molecule has 19 heavy (non-hydrogen) atoms. The third-order valence-electron chi connectivity index (χ3n) is 2.40. The van der Waals surface area contributed by atoms with Gasteiger partial charge in [-0.05, 0) is 30.3 Å². The molecule has 0 radical (unpaired) electrons. The van der Waals surface area contributed by atoms with Crippen LogP contribution >= 0.6 is 11.6 Å². The van der Waals surface area contributed by atoms with E-state index in [2.05, 4.69) is 0 Å². The van der Waals surface area contributed by atoms with Gasteiger partial charge in [-0.1, -0.05) is 23.7 Å². The Morgan fingerprint density at radius 3 is 2.68 bits per heavy atom. The number of halogens is 1. The van der Waals surface area contributed by atoms with E-state index in [1.807, 2.05) is 6.07 Å². The Morgan fingerprint density at radius 1 is 1.26 bits per heavy atom. The van der Waals surface area contributed by atoms with Crippen molar-refractivity contribution < 1.29 is 14.6 Å². The molecule has 0 saturated carbocycles. The summed E-state index contributed by atoms with van der Waals surface area (Å²) in [7, 11) is 0.